The molecule has 0 radical (unpaired) electrons. The average Bonchev–Trinajstić information content (AvgIpc) is 2.88. The molecule has 208 valence electrons. The lowest BCUT2D eigenvalue weighted by atomic mass is 10.0. The number of likely N-dealkylation sites (tertiary alicyclic amines) is 1. The van der Waals surface area contributed by atoms with E-state index in [1.54, 1.807) is 17.0 Å². The molecule has 2 aliphatic heterocycles. The first-order valence-electron chi connectivity index (χ1n) is 12.5. The Kier molecular flexibility index (Phi) is 9.29. The molecule has 0 atom stereocenters. The Morgan fingerprint density at radius 2 is 1.84 bits per heavy atom. The first kappa shape index (κ1) is 28.3. The van der Waals surface area contributed by atoms with Crippen LogP contribution in [-0.2, 0) is 29.9 Å². The first-order valence-corrected chi connectivity index (χ1v) is 14.2. The minimum absolute atomic E-state index is 0.0579. The Labute approximate surface area is 227 Å². The Hall–Kier alpha value is -2.67. The summed E-state index contributed by atoms with van der Waals surface area (Å²) >= 11 is 6.47. The van der Waals surface area contributed by atoms with Gasteiger partial charge in [-0.1, -0.05) is 31.5 Å². The minimum Gasteiger partial charge on any atom is -0.474 e. The van der Waals surface area contributed by atoms with E-state index in [1.165, 1.54) is 6.33 Å². The molecular formula is C25H32ClN3O8S. The maximum absolute atomic E-state index is 12.2. The maximum atomic E-state index is 12.2. The van der Waals surface area contributed by atoms with E-state index in [2.05, 4.69) is 9.97 Å². The fraction of sp³-hybridized carbons (Fsp3) is 0.560. The fourth-order valence-electron chi connectivity index (χ4n) is 4.03. The summed E-state index contributed by atoms with van der Waals surface area (Å²) in [4.78, 5) is 22.4. The predicted octanol–water partition coefficient (Wildman–Crippen LogP) is 4.32. The van der Waals surface area contributed by atoms with Crippen molar-refractivity contribution in [3.05, 3.63) is 40.7 Å². The number of halogens is 1. The van der Waals surface area contributed by atoms with Gasteiger partial charge in [0, 0.05) is 31.8 Å². The summed E-state index contributed by atoms with van der Waals surface area (Å²) < 4.78 is 49.4. The molecule has 0 unspecified atom stereocenters. The van der Waals surface area contributed by atoms with Crippen LogP contribution in [0.15, 0.2) is 24.5 Å². The number of benzene rings is 1. The topological polar surface area (TPSA) is 126 Å². The van der Waals surface area contributed by atoms with Gasteiger partial charge in [0.15, 0.2) is 0 Å². The number of carbonyl (C=O) groups is 1. The molecule has 2 aliphatic rings. The summed E-state index contributed by atoms with van der Waals surface area (Å²) in [5.41, 5.74) is 1.52. The number of amides is 1. The van der Waals surface area contributed by atoms with E-state index < -0.39 is 10.4 Å². The first-order chi connectivity index (χ1) is 18.1. The van der Waals surface area contributed by atoms with E-state index in [4.69, 9.17) is 34.2 Å². The second kappa shape index (κ2) is 12.5. The van der Waals surface area contributed by atoms with Gasteiger partial charge in [0.05, 0.1) is 30.4 Å². The largest absolute Gasteiger partial charge is 0.474 e. The highest BCUT2D eigenvalue weighted by molar-refractivity contribution is 7.81. The highest BCUT2D eigenvalue weighted by atomic mass is 35.5. The van der Waals surface area contributed by atoms with Crippen molar-refractivity contribution in [2.75, 3.05) is 32.9 Å². The zero-order valence-electron chi connectivity index (χ0n) is 21.6. The standard InChI is InChI=1S/C25H32ClN3O8S/c1-16(2)12-33-25(30)29-8-6-20(7-9-29)36-23-17(3)24(28-15-27-23)37-22-5-4-18(11-21(22)26)10-19-13-34-38(31,32)35-14-19/h4-5,11,15-16,19-20H,6-10,12-14H2,1-3H3. The van der Waals surface area contributed by atoms with Crippen molar-refractivity contribution in [3.63, 3.8) is 0 Å². The molecule has 1 aromatic heterocycles. The van der Waals surface area contributed by atoms with Crippen LogP contribution in [-0.4, -0.2) is 68.4 Å². The van der Waals surface area contributed by atoms with Crippen molar-refractivity contribution in [1.29, 1.82) is 0 Å². The van der Waals surface area contributed by atoms with Crippen LogP contribution in [0, 0.1) is 18.8 Å². The third-order valence-electron chi connectivity index (χ3n) is 6.13. The molecule has 0 bridgehead atoms. The van der Waals surface area contributed by atoms with Crippen molar-refractivity contribution < 1.29 is 35.8 Å². The lowest BCUT2D eigenvalue weighted by Crippen LogP contribution is -2.42. The second-order valence-electron chi connectivity index (χ2n) is 9.80. The highest BCUT2D eigenvalue weighted by Gasteiger charge is 2.27. The molecule has 0 spiro atoms. The summed E-state index contributed by atoms with van der Waals surface area (Å²) in [6.07, 6.45) is 2.84. The SMILES string of the molecule is Cc1c(Oc2ccc(CC3COS(=O)(=O)OC3)cc2Cl)ncnc1OC1CCN(C(=O)OCC(C)C)CC1. The van der Waals surface area contributed by atoms with Gasteiger partial charge in [-0.15, -0.1) is 0 Å². The van der Waals surface area contributed by atoms with E-state index in [-0.39, 0.29) is 31.3 Å². The molecule has 1 aromatic carbocycles. The normalized spacial score (nSPS) is 18.4. The van der Waals surface area contributed by atoms with Gasteiger partial charge in [-0.25, -0.2) is 23.1 Å². The zero-order chi connectivity index (χ0) is 27.3. The van der Waals surface area contributed by atoms with Crippen LogP contribution in [0.1, 0.15) is 37.8 Å². The third kappa shape index (κ3) is 7.68. The Morgan fingerprint density at radius 3 is 2.50 bits per heavy atom. The average molecular weight is 570 g/mol. The smallest absolute Gasteiger partial charge is 0.409 e. The second-order valence-corrected chi connectivity index (χ2v) is 11.5. The molecule has 0 N–H and O–H groups in total. The monoisotopic (exact) mass is 569 g/mol. The number of nitrogens with zero attached hydrogens (tertiary/aromatic N) is 3. The summed E-state index contributed by atoms with van der Waals surface area (Å²) in [7, 11) is -3.87. The molecule has 2 aromatic rings. The quantitative estimate of drug-likeness (QED) is 0.453. The van der Waals surface area contributed by atoms with Crippen LogP contribution in [0.4, 0.5) is 4.79 Å². The summed E-state index contributed by atoms with van der Waals surface area (Å²) in [6, 6.07) is 5.33. The molecular weight excluding hydrogens is 538 g/mol. The number of ether oxygens (including phenoxy) is 3. The lowest BCUT2D eigenvalue weighted by molar-refractivity contribution is 0.0603. The van der Waals surface area contributed by atoms with Gasteiger partial charge < -0.3 is 19.1 Å². The Bertz CT molecular complexity index is 1220. The zero-order valence-corrected chi connectivity index (χ0v) is 23.2. The number of rotatable bonds is 8. The maximum Gasteiger partial charge on any atom is 0.409 e. The number of aromatic nitrogens is 2. The lowest BCUT2D eigenvalue weighted by Gasteiger charge is -2.31. The van der Waals surface area contributed by atoms with Crippen molar-refractivity contribution in [2.24, 2.45) is 11.8 Å². The summed E-state index contributed by atoms with van der Waals surface area (Å²) in [5.74, 6) is 1.33. The third-order valence-corrected chi connectivity index (χ3v) is 7.28. The van der Waals surface area contributed by atoms with Gasteiger partial charge in [0.1, 0.15) is 18.2 Å². The molecule has 4 rings (SSSR count). The van der Waals surface area contributed by atoms with Crippen molar-refractivity contribution >= 4 is 28.1 Å². The van der Waals surface area contributed by atoms with Crippen LogP contribution in [0.3, 0.4) is 0 Å². The van der Waals surface area contributed by atoms with Gasteiger partial charge in [-0.3, -0.25) is 0 Å². The molecule has 2 saturated heterocycles. The summed E-state index contributed by atoms with van der Waals surface area (Å²) in [6.45, 7) is 7.42. The van der Waals surface area contributed by atoms with Gasteiger partial charge in [0.2, 0.25) is 11.8 Å². The summed E-state index contributed by atoms with van der Waals surface area (Å²) in [5, 5.41) is 0.380. The van der Waals surface area contributed by atoms with E-state index in [1.807, 2.05) is 26.8 Å². The Morgan fingerprint density at radius 1 is 1.16 bits per heavy atom. The molecule has 2 fully saturated rings. The number of carbonyl (C=O) groups excluding carboxylic acids is 1. The van der Waals surface area contributed by atoms with Crippen LogP contribution in [0.2, 0.25) is 5.02 Å². The molecule has 11 nitrogen and oxygen atoms in total. The molecule has 1 amide bonds. The van der Waals surface area contributed by atoms with Gasteiger partial charge in [0.25, 0.3) is 0 Å². The number of hydrogen-bond donors (Lipinski definition) is 0. The van der Waals surface area contributed by atoms with Crippen LogP contribution in [0.5, 0.6) is 17.5 Å². The molecule has 38 heavy (non-hydrogen) atoms. The van der Waals surface area contributed by atoms with Gasteiger partial charge >= 0.3 is 16.5 Å². The molecule has 13 heteroatoms. The van der Waals surface area contributed by atoms with Gasteiger partial charge in [-0.2, -0.15) is 8.42 Å². The highest BCUT2D eigenvalue weighted by Crippen LogP contribution is 2.34. The molecule has 3 heterocycles. The number of piperidine rings is 1. The van der Waals surface area contributed by atoms with Crippen LogP contribution in [0.25, 0.3) is 0 Å². The van der Waals surface area contributed by atoms with Crippen molar-refractivity contribution in [2.45, 2.75) is 46.1 Å². The fourth-order valence-corrected chi connectivity index (χ4v) is 5.06. The van der Waals surface area contributed by atoms with E-state index in [9.17, 15) is 13.2 Å². The van der Waals surface area contributed by atoms with Gasteiger partial charge in [-0.05, 0) is 37.0 Å². The van der Waals surface area contributed by atoms with E-state index in [0.29, 0.717) is 73.0 Å². The Balaban J connectivity index is 1.32. The predicted molar refractivity (Wildman–Crippen MR) is 138 cm³/mol. The number of hydrogen-bond acceptors (Lipinski definition) is 10. The molecule has 0 aliphatic carbocycles. The van der Waals surface area contributed by atoms with Crippen LogP contribution < -0.4 is 9.47 Å². The minimum atomic E-state index is -3.87. The van der Waals surface area contributed by atoms with Crippen molar-refractivity contribution in [1.82, 2.24) is 14.9 Å². The van der Waals surface area contributed by atoms with Crippen molar-refractivity contribution in [3.8, 4) is 17.5 Å². The molecule has 0 saturated carbocycles. The van der Waals surface area contributed by atoms with Crippen LogP contribution >= 0.6 is 11.6 Å². The van der Waals surface area contributed by atoms with E-state index in [0.717, 1.165) is 5.56 Å². The van der Waals surface area contributed by atoms with E-state index >= 15 is 0 Å².